The molecule has 4 heteroatoms. The fourth-order valence-corrected chi connectivity index (χ4v) is 4.66. The third kappa shape index (κ3) is 2.55. The summed E-state index contributed by atoms with van der Waals surface area (Å²) in [5.41, 5.74) is 8.57. The van der Waals surface area contributed by atoms with Gasteiger partial charge in [0.15, 0.2) is 0 Å². The van der Waals surface area contributed by atoms with Crippen LogP contribution in [0.25, 0.3) is 55.7 Å². The predicted octanol–water partition coefficient (Wildman–Crippen LogP) is 5.94. The first-order valence-corrected chi connectivity index (χ1v) is 10.5. The Labute approximate surface area is 180 Å². The zero-order valence-corrected chi connectivity index (χ0v) is 17.8. The van der Waals surface area contributed by atoms with E-state index in [4.69, 9.17) is 9.40 Å². The van der Waals surface area contributed by atoms with Gasteiger partial charge in [-0.3, -0.25) is 0 Å². The fraction of sp³-hybridized carbons (Fsp3) is 0.111. The monoisotopic (exact) mass is 404 g/mol. The SMILES string of the molecule is Cc1c(-c2nc3ccccc3n2C)cccc1-c1ccc2c3ccccc3oc2[n+]1C. The van der Waals surface area contributed by atoms with Gasteiger partial charge < -0.3 is 8.98 Å². The van der Waals surface area contributed by atoms with Crippen LogP contribution in [0, 0.1) is 6.92 Å². The lowest BCUT2D eigenvalue weighted by Crippen LogP contribution is -2.31. The Balaban J connectivity index is 1.57. The van der Waals surface area contributed by atoms with E-state index in [0.29, 0.717) is 0 Å². The highest BCUT2D eigenvalue weighted by Crippen LogP contribution is 2.33. The van der Waals surface area contributed by atoms with Crippen LogP contribution in [0.3, 0.4) is 0 Å². The van der Waals surface area contributed by atoms with Gasteiger partial charge in [-0.05, 0) is 42.8 Å². The molecule has 6 rings (SSSR count). The van der Waals surface area contributed by atoms with Gasteiger partial charge in [-0.2, -0.15) is 4.57 Å². The summed E-state index contributed by atoms with van der Waals surface area (Å²) >= 11 is 0. The first kappa shape index (κ1) is 17.9. The molecule has 0 N–H and O–H groups in total. The maximum Gasteiger partial charge on any atom is 0.381 e. The molecule has 0 aliphatic rings. The van der Waals surface area contributed by atoms with Crippen molar-refractivity contribution in [1.29, 1.82) is 0 Å². The molecule has 0 unspecified atom stereocenters. The Kier molecular flexibility index (Phi) is 3.78. The molecule has 0 saturated carbocycles. The van der Waals surface area contributed by atoms with E-state index >= 15 is 0 Å². The van der Waals surface area contributed by atoms with E-state index in [0.717, 1.165) is 50.2 Å². The number of benzene rings is 3. The average Bonchev–Trinajstić information content (AvgIpc) is 3.34. The highest BCUT2D eigenvalue weighted by atomic mass is 16.3. The number of hydrogen-bond donors (Lipinski definition) is 0. The highest BCUT2D eigenvalue weighted by molar-refractivity contribution is 6.02. The zero-order chi connectivity index (χ0) is 21.1. The highest BCUT2D eigenvalue weighted by Gasteiger charge is 2.22. The minimum absolute atomic E-state index is 0.881. The summed E-state index contributed by atoms with van der Waals surface area (Å²) in [6.45, 7) is 2.17. The topological polar surface area (TPSA) is 34.8 Å². The van der Waals surface area contributed by atoms with Gasteiger partial charge in [0.25, 0.3) is 0 Å². The molecule has 0 aliphatic heterocycles. The van der Waals surface area contributed by atoms with Crippen LogP contribution in [0.15, 0.2) is 83.3 Å². The summed E-state index contributed by atoms with van der Waals surface area (Å²) in [6, 6.07) is 27.2. The molecule has 6 aromatic rings. The Morgan fingerprint density at radius 3 is 2.45 bits per heavy atom. The van der Waals surface area contributed by atoms with Crippen molar-refractivity contribution in [2.75, 3.05) is 0 Å². The third-order valence-corrected chi connectivity index (χ3v) is 6.33. The molecule has 0 atom stereocenters. The van der Waals surface area contributed by atoms with E-state index < -0.39 is 0 Å². The first-order chi connectivity index (χ1) is 15.1. The van der Waals surface area contributed by atoms with Crippen LogP contribution < -0.4 is 4.57 Å². The summed E-state index contributed by atoms with van der Waals surface area (Å²) in [6.07, 6.45) is 0. The minimum atomic E-state index is 0.881. The van der Waals surface area contributed by atoms with Crippen molar-refractivity contribution in [1.82, 2.24) is 9.55 Å². The Morgan fingerprint density at radius 1 is 0.806 bits per heavy atom. The van der Waals surface area contributed by atoms with Gasteiger partial charge in [-0.1, -0.05) is 42.5 Å². The Hall–Kier alpha value is -3.92. The summed E-state index contributed by atoms with van der Waals surface area (Å²) in [4.78, 5) is 4.92. The number of hydrogen-bond acceptors (Lipinski definition) is 2. The molecule has 0 radical (unpaired) electrons. The number of aryl methyl sites for hydroxylation is 2. The standard InChI is InChI=1S/C27H22N3O/c1-17-18(10-8-11-19(17)26-28-22-12-5-6-13-24(22)29(26)2)23-16-15-21-20-9-4-7-14-25(20)31-27(21)30(23)3/h4-16H,1-3H3/q+1. The van der Waals surface area contributed by atoms with Crippen molar-refractivity contribution in [2.24, 2.45) is 14.1 Å². The van der Waals surface area contributed by atoms with E-state index in [2.05, 4.69) is 90.8 Å². The molecule has 0 spiro atoms. The van der Waals surface area contributed by atoms with Crippen molar-refractivity contribution in [3.05, 3.63) is 84.4 Å². The normalized spacial score (nSPS) is 11.7. The number of rotatable bonds is 2. The lowest BCUT2D eigenvalue weighted by molar-refractivity contribution is -0.640. The number of para-hydroxylation sites is 3. The van der Waals surface area contributed by atoms with Crippen molar-refractivity contribution in [2.45, 2.75) is 6.92 Å². The van der Waals surface area contributed by atoms with Crippen LogP contribution in [0.1, 0.15) is 5.56 Å². The van der Waals surface area contributed by atoms with Gasteiger partial charge in [0.05, 0.1) is 16.4 Å². The van der Waals surface area contributed by atoms with Gasteiger partial charge in [-0.15, -0.1) is 0 Å². The van der Waals surface area contributed by atoms with Crippen molar-refractivity contribution < 1.29 is 8.98 Å². The van der Waals surface area contributed by atoms with Crippen LogP contribution in [-0.4, -0.2) is 9.55 Å². The predicted molar refractivity (Wildman–Crippen MR) is 125 cm³/mol. The molecular formula is C27H22N3O+. The second-order valence-electron chi connectivity index (χ2n) is 8.06. The molecule has 150 valence electrons. The van der Waals surface area contributed by atoms with E-state index in [1.165, 1.54) is 11.1 Å². The Bertz CT molecular complexity index is 1620. The first-order valence-electron chi connectivity index (χ1n) is 10.5. The van der Waals surface area contributed by atoms with Gasteiger partial charge in [0, 0.05) is 29.6 Å². The fourth-order valence-electron chi connectivity index (χ4n) is 4.66. The molecular weight excluding hydrogens is 382 g/mol. The maximum atomic E-state index is 6.21. The average molecular weight is 404 g/mol. The van der Waals surface area contributed by atoms with Crippen LogP contribution in [0.4, 0.5) is 0 Å². The van der Waals surface area contributed by atoms with Gasteiger partial charge >= 0.3 is 5.71 Å². The second kappa shape index (κ2) is 6.54. The summed E-state index contributed by atoms with van der Waals surface area (Å²) in [5, 5.41) is 2.27. The van der Waals surface area contributed by atoms with Crippen LogP contribution in [0.5, 0.6) is 0 Å². The van der Waals surface area contributed by atoms with Crippen molar-refractivity contribution >= 4 is 33.1 Å². The number of pyridine rings is 1. The Morgan fingerprint density at radius 2 is 1.58 bits per heavy atom. The lowest BCUT2D eigenvalue weighted by Gasteiger charge is -2.10. The van der Waals surface area contributed by atoms with Crippen LogP contribution >= 0.6 is 0 Å². The lowest BCUT2D eigenvalue weighted by atomic mass is 9.98. The van der Waals surface area contributed by atoms with Crippen molar-refractivity contribution in [3.63, 3.8) is 0 Å². The number of imidazole rings is 1. The number of aromatic nitrogens is 3. The number of fused-ring (bicyclic) bond motifs is 4. The molecule has 31 heavy (non-hydrogen) atoms. The molecule has 4 nitrogen and oxygen atoms in total. The van der Waals surface area contributed by atoms with Gasteiger partial charge in [-0.25, -0.2) is 4.98 Å². The molecule has 0 aliphatic carbocycles. The van der Waals surface area contributed by atoms with E-state index in [9.17, 15) is 0 Å². The van der Waals surface area contributed by atoms with E-state index in [-0.39, 0.29) is 0 Å². The third-order valence-electron chi connectivity index (χ3n) is 6.33. The van der Waals surface area contributed by atoms with Crippen LogP contribution in [-0.2, 0) is 14.1 Å². The smallest absolute Gasteiger partial charge is 0.381 e. The minimum Gasteiger partial charge on any atom is -0.404 e. The molecule has 0 bridgehead atoms. The summed E-state index contributed by atoms with van der Waals surface area (Å²) in [7, 11) is 4.15. The quantitative estimate of drug-likeness (QED) is 0.335. The zero-order valence-electron chi connectivity index (χ0n) is 17.8. The maximum absolute atomic E-state index is 6.21. The van der Waals surface area contributed by atoms with Gasteiger partial charge in [0.2, 0.25) is 5.69 Å². The molecule has 3 aromatic heterocycles. The molecule has 0 amide bonds. The summed E-state index contributed by atoms with van der Waals surface area (Å²) in [5.74, 6) is 0.980. The molecule has 3 aromatic carbocycles. The molecule has 3 heterocycles. The van der Waals surface area contributed by atoms with Crippen LogP contribution in [0.2, 0.25) is 0 Å². The number of furan rings is 1. The van der Waals surface area contributed by atoms with E-state index in [1.807, 2.05) is 18.2 Å². The van der Waals surface area contributed by atoms with E-state index in [1.54, 1.807) is 0 Å². The summed E-state index contributed by atoms with van der Waals surface area (Å²) < 4.78 is 10.5. The second-order valence-corrected chi connectivity index (χ2v) is 8.06. The molecule has 0 fully saturated rings. The number of nitrogens with zero attached hydrogens (tertiary/aromatic N) is 3. The van der Waals surface area contributed by atoms with Crippen molar-refractivity contribution in [3.8, 4) is 22.6 Å². The van der Waals surface area contributed by atoms with Gasteiger partial charge in [0.1, 0.15) is 18.5 Å². The molecule has 0 saturated heterocycles. The largest absolute Gasteiger partial charge is 0.404 e.